The van der Waals surface area contributed by atoms with E-state index in [2.05, 4.69) is 37.2 Å². The fraction of sp³-hybridized carbons (Fsp3) is 0.286. The third kappa shape index (κ3) is 5.06. The average Bonchev–Trinajstić information content (AvgIpc) is 2.66. The number of para-hydroxylation sites is 1. The molecule has 0 saturated carbocycles. The molecule has 0 amide bonds. The summed E-state index contributed by atoms with van der Waals surface area (Å²) < 4.78 is 11.0. The van der Waals surface area contributed by atoms with Crippen LogP contribution in [0.5, 0.6) is 11.5 Å². The third-order valence-electron chi connectivity index (χ3n) is 4.16. The van der Waals surface area contributed by atoms with E-state index in [-0.39, 0.29) is 12.4 Å². The zero-order chi connectivity index (χ0) is 18.5. The lowest BCUT2D eigenvalue weighted by Crippen LogP contribution is -2.14. The topological polar surface area (TPSA) is 34.6 Å². The van der Waals surface area contributed by atoms with E-state index >= 15 is 0 Å². The fourth-order valence-electron chi connectivity index (χ4n) is 2.75. The molecule has 4 nitrogen and oxygen atoms in total. The molecule has 0 unspecified atom stereocenters. The Morgan fingerprint density at radius 3 is 2.44 bits per heavy atom. The summed E-state index contributed by atoms with van der Waals surface area (Å²) in [7, 11) is 7.54. The summed E-state index contributed by atoms with van der Waals surface area (Å²) >= 11 is 1.77. The first-order valence-electron chi connectivity index (χ1n) is 8.52. The van der Waals surface area contributed by atoms with E-state index in [4.69, 9.17) is 14.5 Å². The Kier molecular flexibility index (Phi) is 7.78. The average molecular weight is 405 g/mol. The van der Waals surface area contributed by atoms with Crippen LogP contribution in [0.15, 0.2) is 53.6 Å². The number of rotatable bonds is 7. The van der Waals surface area contributed by atoms with Gasteiger partial charge in [0.1, 0.15) is 16.5 Å². The summed E-state index contributed by atoms with van der Waals surface area (Å²) in [6, 6.07) is 16.3. The van der Waals surface area contributed by atoms with Crippen LogP contribution in [0.25, 0.3) is 22.0 Å². The van der Waals surface area contributed by atoms with Gasteiger partial charge in [-0.2, -0.15) is 0 Å². The second-order valence-electron chi connectivity index (χ2n) is 6.25. The number of hydrogen-bond acceptors (Lipinski definition) is 5. The van der Waals surface area contributed by atoms with Crippen LogP contribution in [0.2, 0.25) is 0 Å². The Bertz CT molecular complexity index is 902. The molecule has 0 saturated heterocycles. The summed E-state index contributed by atoms with van der Waals surface area (Å²) in [4.78, 5) is 7.11. The Labute approximate surface area is 171 Å². The minimum atomic E-state index is 0. The van der Waals surface area contributed by atoms with Crippen molar-refractivity contribution in [3.8, 4) is 22.6 Å². The number of fused-ring (bicyclic) bond motifs is 1. The smallest absolute Gasteiger partial charge is 0.127 e. The molecule has 0 bridgehead atoms. The number of thioether (sulfide) groups is 1. The molecule has 6 heteroatoms. The van der Waals surface area contributed by atoms with Crippen LogP contribution in [-0.2, 0) is 0 Å². The lowest BCUT2D eigenvalue weighted by Gasteiger charge is -2.15. The molecule has 3 rings (SSSR count). The highest BCUT2D eigenvalue weighted by Gasteiger charge is 2.15. The van der Waals surface area contributed by atoms with Gasteiger partial charge >= 0.3 is 0 Å². The molecule has 0 fully saturated rings. The highest BCUT2D eigenvalue weighted by atomic mass is 35.5. The lowest BCUT2D eigenvalue weighted by atomic mass is 10.0. The second-order valence-corrected chi connectivity index (χ2v) is 7.34. The Morgan fingerprint density at radius 1 is 0.963 bits per heavy atom. The van der Waals surface area contributed by atoms with Crippen LogP contribution < -0.4 is 9.47 Å². The highest BCUT2D eigenvalue weighted by molar-refractivity contribution is 7.99. The van der Waals surface area contributed by atoms with Gasteiger partial charge in [0, 0.05) is 28.8 Å². The summed E-state index contributed by atoms with van der Waals surface area (Å²) in [5, 5.41) is 2.13. The van der Waals surface area contributed by atoms with Crippen molar-refractivity contribution in [1.82, 2.24) is 9.88 Å². The summed E-state index contributed by atoms with van der Waals surface area (Å²) in [5.74, 6) is 2.59. The van der Waals surface area contributed by atoms with Crippen molar-refractivity contribution in [1.29, 1.82) is 0 Å². The highest BCUT2D eigenvalue weighted by Crippen LogP contribution is 2.39. The van der Waals surface area contributed by atoms with E-state index in [9.17, 15) is 0 Å². The second kappa shape index (κ2) is 9.83. The molecule has 0 aliphatic heterocycles. The maximum atomic E-state index is 5.61. The Morgan fingerprint density at radius 2 is 1.74 bits per heavy atom. The first kappa shape index (κ1) is 21.4. The maximum Gasteiger partial charge on any atom is 0.127 e. The molecule has 0 atom stereocenters. The van der Waals surface area contributed by atoms with Crippen molar-refractivity contribution in [3.05, 3.63) is 48.5 Å². The molecular formula is C21H25ClN2O2S. The lowest BCUT2D eigenvalue weighted by molar-refractivity contribution is 0.404. The first-order valence-corrected chi connectivity index (χ1v) is 9.50. The molecule has 0 aliphatic carbocycles. The maximum absolute atomic E-state index is 5.61. The predicted octanol–water partition coefficient (Wildman–Crippen LogP) is 4.99. The number of benzene rings is 2. The number of nitrogens with zero attached hydrogens (tertiary/aromatic N) is 2. The van der Waals surface area contributed by atoms with Gasteiger partial charge in [-0.3, -0.25) is 0 Å². The third-order valence-corrected chi connectivity index (χ3v) is 5.13. The van der Waals surface area contributed by atoms with Gasteiger partial charge in [0.2, 0.25) is 0 Å². The SMILES string of the molecule is COc1ccc(OC)c(-c2cc3ccccc3nc2SCCN(C)C)c1.Cl. The molecule has 144 valence electrons. The van der Waals surface area contributed by atoms with Crippen molar-refractivity contribution in [3.63, 3.8) is 0 Å². The monoisotopic (exact) mass is 404 g/mol. The van der Waals surface area contributed by atoms with Crippen molar-refractivity contribution >= 4 is 35.1 Å². The van der Waals surface area contributed by atoms with Gasteiger partial charge in [-0.25, -0.2) is 4.98 Å². The van der Waals surface area contributed by atoms with Gasteiger partial charge in [-0.05, 0) is 44.4 Å². The zero-order valence-corrected chi connectivity index (χ0v) is 17.7. The normalized spacial score (nSPS) is 10.7. The van der Waals surface area contributed by atoms with Crippen LogP contribution in [0.4, 0.5) is 0 Å². The first-order chi connectivity index (χ1) is 12.6. The van der Waals surface area contributed by atoms with Gasteiger partial charge in [0.25, 0.3) is 0 Å². The fourth-order valence-corrected chi connectivity index (χ4v) is 3.89. The molecule has 0 spiro atoms. The predicted molar refractivity (Wildman–Crippen MR) is 117 cm³/mol. The van der Waals surface area contributed by atoms with Gasteiger partial charge in [-0.1, -0.05) is 18.2 Å². The molecule has 0 radical (unpaired) electrons. The minimum Gasteiger partial charge on any atom is -0.497 e. The van der Waals surface area contributed by atoms with E-state index in [1.54, 1.807) is 26.0 Å². The number of methoxy groups -OCH3 is 2. The largest absolute Gasteiger partial charge is 0.497 e. The quantitative estimate of drug-likeness (QED) is 0.518. The van der Waals surface area contributed by atoms with Gasteiger partial charge in [0.15, 0.2) is 0 Å². The standard InChI is InChI=1S/C21H24N2O2S.ClH/c1-23(2)11-12-26-21-18(13-15-7-5-6-8-19(15)22-21)17-14-16(24-3)9-10-20(17)25-4;/h5-10,13-14H,11-12H2,1-4H3;1H. The van der Waals surface area contributed by atoms with E-state index < -0.39 is 0 Å². The number of pyridine rings is 1. The van der Waals surface area contributed by atoms with Gasteiger partial charge in [-0.15, -0.1) is 24.2 Å². The summed E-state index contributed by atoms with van der Waals surface area (Å²) in [6.07, 6.45) is 0. The molecule has 0 N–H and O–H groups in total. The van der Waals surface area contributed by atoms with Crippen molar-refractivity contribution in [2.45, 2.75) is 5.03 Å². The molecule has 1 heterocycles. The van der Waals surface area contributed by atoms with Crippen LogP contribution in [-0.4, -0.2) is 50.5 Å². The van der Waals surface area contributed by atoms with E-state index in [1.807, 2.05) is 30.3 Å². The van der Waals surface area contributed by atoms with Crippen LogP contribution in [0, 0.1) is 0 Å². The van der Waals surface area contributed by atoms with Gasteiger partial charge < -0.3 is 14.4 Å². The summed E-state index contributed by atoms with van der Waals surface area (Å²) in [5.41, 5.74) is 3.08. The minimum absolute atomic E-state index is 0. The zero-order valence-electron chi connectivity index (χ0n) is 16.1. The van der Waals surface area contributed by atoms with Crippen molar-refractivity contribution < 1.29 is 9.47 Å². The molecule has 27 heavy (non-hydrogen) atoms. The molecule has 3 aromatic rings. The molecular weight excluding hydrogens is 380 g/mol. The van der Waals surface area contributed by atoms with Crippen LogP contribution in [0.3, 0.4) is 0 Å². The van der Waals surface area contributed by atoms with E-state index in [1.165, 1.54) is 0 Å². The van der Waals surface area contributed by atoms with Gasteiger partial charge in [0.05, 0.1) is 19.7 Å². The number of aromatic nitrogens is 1. The van der Waals surface area contributed by atoms with Crippen LogP contribution >= 0.6 is 24.2 Å². The van der Waals surface area contributed by atoms with E-state index in [0.29, 0.717) is 0 Å². The molecule has 0 aliphatic rings. The molecule has 1 aromatic heterocycles. The Balaban J connectivity index is 0.00000261. The number of halogens is 1. The van der Waals surface area contributed by atoms with E-state index in [0.717, 1.165) is 50.9 Å². The molecule has 2 aromatic carbocycles. The number of hydrogen-bond donors (Lipinski definition) is 0. The van der Waals surface area contributed by atoms with Crippen molar-refractivity contribution in [2.75, 3.05) is 40.6 Å². The number of ether oxygens (including phenoxy) is 2. The summed E-state index contributed by atoms with van der Waals surface area (Å²) in [6.45, 7) is 0.994. The van der Waals surface area contributed by atoms with Crippen molar-refractivity contribution in [2.24, 2.45) is 0 Å². The van der Waals surface area contributed by atoms with Crippen LogP contribution in [0.1, 0.15) is 0 Å². The Hall–Kier alpha value is -1.95.